The monoisotopic (exact) mass is 387 g/mol. The van der Waals surface area contributed by atoms with Crippen molar-refractivity contribution in [3.63, 3.8) is 0 Å². The molecule has 0 saturated carbocycles. The second kappa shape index (κ2) is 7.98. The Morgan fingerprint density at radius 2 is 1.73 bits per heavy atom. The fourth-order valence-corrected chi connectivity index (χ4v) is 3.57. The number of carbonyl (C=O) groups is 2. The second-order valence-corrected chi connectivity index (χ2v) is 7.56. The van der Waals surface area contributed by atoms with Gasteiger partial charge < -0.3 is 4.74 Å². The van der Waals surface area contributed by atoms with E-state index in [4.69, 9.17) is 16.3 Å². The maximum Gasteiger partial charge on any atom is 0.293 e. The van der Waals surface area contributed by atoms with Crippen LogP contribution in [0.15, 0.2) is 53.4 Å². The molecular formula is C20H18ClNO3S. The molecule has 2 amide bonds. The molecule has 4 nitrogen and oxygen atoms in total. The molecule has 3 rings (SSSR count). The summed E-state index contributed by atoms with van der Waals surface area (Å²) in [7, 11) is 0. The Balaban J connectivity index is 1.65. The molecule has 0 aliphatic carbocycles. The van der Waals surface area contributed by atoms with Gasteiger partial charge in [0.1, 0.15) is 12.4 Å². The highest BCUT2D eigenvalue weighted by Gasteiger charge is 2.36. The van der Waals surface area contributed by atoms with Crippen molar-refractivity contribution in [3.8, 4) is 5.75 Å². The minimum Gasteiger partial charge on any atom is -0.489 e. The first-order valence-electron chi connectivity index (χ1n) is 8.18. The average molecular weight is 388 g/mol. The van der Waals surface area contributed by atoms with Crippen molar-refractivity contribution >= 4 is 40.6 Å². The normalized spacial score (nSPS) is 16.0. The van der Waals surface area contributed by atoms with Crippen LogP contribution < -0.4 is 4.74 Å². The summed E-state index contributed by atoms with van der Waals surface area (Å²) < 4.78 is 5.75. The number of amides is 2. The molecule has 0 spiro atoms. The van der Waals surface area contributed by atoms with Gasteiger partial charge in [-0.3, -0.25) is 14.5 Å². The lowest BCUT2D eigenvalue weighted by Crippen LogP contribution is -2.34. The number of halogens is 1. The molecule has 6 heteroatoms. The van der Waals surface area contributed by atoms with Gasteiger partial charge >= 0.3 is 0 Å². The first-order valence-corrected chi connectivity index (χ1v) is 9.38. The highest BCUT2D eigenvalue weighted by atomic mass is 35.5. The number of benzene rings is 2. The van der Waals surface area contributed by atoms with Gasteiger partial charge in [0.15, 0.2) is 0 Å². The van der Waals surface area contributed by atoms with E-state index in [0.29, 0.717) is 16.5 Å². The largest absolute Gasteiger partial charge is 0.489 e. The molecule has 1 aliphatic heterocycles. The number of ether oxygens (including phenoxy) is 1. The minimum absolute atomic E-state index is 0.142. The Labute approximate surface area is 161 Å². The summed E-state index contributed by atoms with van der Waals surface area (Å²) in [5, 5.41) is 0.471. The zero-order valence-electron chi connectivity index (χ0n) is 14.4. The summed E-state index contributed by atoms with van der Waals surface area (Å²) in [5.41, 5.74) is 1.87. The van der Waals surface area contributed by atoms with Crippen LogP contribution in [0.5, 0.6) is 5.75 Å². The van der Waals surface area contributed by atoms with Crippen LogP contribution in [0.1, 0.15) is 25.0 Å². The fraction of sp³-hybridized carbons (Fsp3) is 0.200. The van der Waals surface area contributed by atoms with Crippen molar-refractivity contribution in [1.82, 2.24) is 4.90 Å². The van der Waals surface area contributed by atoms with Crippen molar-refractivity contribution in [2.24, 2.45) is 0 Å². The summed E-state index contributed by atoms with van der Waals surface area (Å²) in [6, 6.07) is 14.8. The summed E-state index contributed by atoms with van der Waals surface area (Å²) >= 11 is 6.84. The quantitative estimate of drug-likeness (QED) is 0.647. The molecule has 0 atom stereocenters. The van der Waals surface area contributed by atoms with Crippen molar-refractivity contribution in [3.05, 3.63) is 69.6 Å². The molecule has 1 aliphatic rings. The Kier molecular flexibility index (Phi) is 5.69. The standard InChI is InChI=1S/C20H18ClNO3S/c1-13(2)22-19(23)18(26-20(22)24)11-14-5-9-17(10-6-14)25-12-15-3-7-16(21)8-4-15/h3-11,13H,12H2,1-2H3/b18-11-. The van der Waals surface area contributed by atoms with E-state index >= 15 is 0 Å². The van der Waals surface area contributed by atoms with Crippen LogP contribution in [0.2, 0.25) is 5.02 Å². The number of rotatable bonds is 5. The number of hydrogen-bond acceptors (Lipinski definition) is 4. The van der Waals surface area contributed by atoms with Gasteiger partial charge in [-0.1, -0.05) is 35.9 Å². The Morgan fingerprint density at radius 3 is 2.31 bits per heavy atom. The van der Waals surface area contributed by atoms with Crippen molar-refractivity contribution in [2.75, 3.05) is 0 Å². The number of imide groups is 1. The van der Waals surface area contributed by atoms with E-state index in [-0.39, 0.29) is 17.2 Å². The molecule has 0 unspecified atom stereocenters. The number of thioether (sulfide) groups is 1. The van der Waals surface area contributed by atoms with Crippen molar-refractivity contribution in [2.45, 2.75) is 26.5 Å². The molecule has 1 heterocycles. The molecule has 0 N–H and O–H groups in total. The smallest absolute Gasteiger partial charge is 0.293 e. The molecule has 1 saturated heterocycles. The summed E-state index contributed by atoms with van der Waals surface area (Å²) in [6.45, 7) is 4.10. The molecule has 2 aromatic carbocycles. The lowest BCUT2D eigenvalue weighted by Gasteiger charge is -2.16. The topological polar surface area (TPSA) is 46.6 Å². The fourth-order valence-electron chi connectivity index (χ4n) is 2.48. The van der Waals surface area contributed by atoms with Gasteiger partial charge in [0.05, 0.1) is 4.91 Å². The maximum atomic E-state index is 12.3. The van der Waals surface area contributed by atoms with Crippen LogP contribution in [-0.4, -0.2) is 22.1 Å². The summed E-state index contributed by atoms with van der Waals surface area (Å²) in [6.07, 6.45) is 1.73. The van der Waals surface area contributed by atoms with E-state index in [1.54, 1.807) is 6.08 Å². The minimum atomic E-state index is -0.238. The van der Waals surface area contributed by atoms with E-state index in [1.165, 1.54) is 4.90 Å². The van der Waals surface area contributed by atoms with Gasteiger partial charge in [0.2, 0.25) is 0 Å². The van der Waals surface area contributed by atoms with Crippen LogP contribution in [0.3, 0.4) is 0 Å². The predicted molar refractivity (Wildman–Crippen MR) is 105 cm³/mol. The van der Waals surface area contributed by atoms with E-state index in [0.717, 1.165) is 28.6 Å². The van der Waals surface area contributed by atoms with E-state index < -0.39 is 0 Å². The third-order valence-corrected chi connectivity index (χ3v) is 4.97. The zero-order chi connectivity index (χ0) is 18.7. The lowest BCUT2D eigenvalue weighted by atomic mass is 10.2. The number of carbonyl (C=O) groups excluding carboxylic acids is 2. The van der Waals surface area contributed by atoms with Gasteiger partial charge in [0.25, 0.3) is 11.1 Å². The van der Waals surface area contributed by atoms with Crippen LogP contribution in [0.4, 0.5) is 4.79 Å². The van der Waals surface area contributed by atoms with E-state index in [1.807, 2.05) is 62.4 Å². The zero-order valence-corrected chi connectivity index (χ0v) is 16.0. The highest BCUT2D eigenvalue weighted by molar-refractivity contribution is 8.18. The molecule has 134 valence electrons. The van der Waals surface area contributed by atoms with Gasteiger partial charge in [-0.2, -0.15) is 0 Å². The molecule has 2 aromatic rings. The molecule has 0 bridgehead atoms. The first-order chi connectivity index (χ1) is 12.4. The van der Waals surface area contributed by atoms with Gasteiger partial charge in [-0.15, -0.1) is 0 Å². The third kappa shape index (κ3) is 4.29. The van der Waals surface area contributed by atoms with E-state index in [9.17, 15) is 9.59 Å². The van der Waals surface area contributed by atoms with Gasteiger partial charge in [-0.25, -0.2) is 0 Å². The maximum absolute atomic E-state index is 12.3. The summed E-state index contributed by atoms with van der Waals surface area (Å²) in [5.74, 6) is 0.491. The van der Waals surface area contributed by atoms with Gasteiger partial charge in [0, 0.05) is 11.1 Å². The van der Waals surface area contributed by atoms with Crippen LogP contribution in [0, 0.1) is 0 Å². The van der Waals surface area contributed by atoms with Crippen LogP contribution >= 0.6 is 23.4 Å². The highest BCUT2D eigenvalue weighted by Crippen LogP contribution is 2.33. The van der Waals surface area contributed by atoms with E-state index in [2.05, 4.69) is 0 Å². The Bertz CT molecular complexity index is 844. The average Bonchev–Trinajstić information content (AvgIpc) is 2.89. The summed E-state index contributed by atoms with van der Waals surface area (Å²) in [4.78, 5) is 25.9. The Morgan fingerprint density at radius 1 is 1.08 bits per heavy atom. The first kappa shape index (κ1) is 18.5. The second-order valence-electron chi connectivity index (χ2n) is 6.13. The number of hydrogen-bond donors (Lipinski definition) is 0. The third-order valence-electron chi connectivity index (χ3n) is 3.84. The van der Waals surface area contributed by atoms with Gasteiger partial charge in [-0.05, 0) is 67.1 Å². The molecule has 1 fully saturated rings. The molecular weight excluding hydrogens is 370 g/mol. The number of nitrogens with zero attached hydrogens (tertiary/aromatic N) is 1. The molecule has 0 radical (unpaired) electrons. The lowest BCUT2D eigenvalue weighted by molar-refractivity contribution is -0.123. The molecule has 26 heavy (non-hydrogen) atoms. The SMILES string of the molecule is CC(C)N1C(=O)S/C(=C\c2ccc(OCc3ccc(Cl)cc3)cc2)C1=O. The Hall–Kier alpha value is -2.24. The van der Waals surface area contributed by atoms with Crippen LogP contribution in [-0.2, 0) is 11.4 Å². The predicted octanol–water partition coefficient (Wildman–Crippen LogP) is 5.36. The van der Waals surface area contributed by atoms with Crippen molar-refractivity contribution < 1.29 is 14.3 Å². The van der Waals surface area contributed by atoms with Crippen molar-refractivity contribution in [1.29, 1.82) is 0 Å². The molecule has 0 aromatic heterocycles. The van der Waals surface area contributed by atoms with Crippen LogP contribution in [0.25, 0.3) is 6.08 Å².